The average molecular weight is 206 g/mol. The molecule has 5 nitrogen and oxygen atoms in total. The molecule has 0 aliphatic rings. The SMILES string of the molecule is Cc1nc(C)c2oc(=O)c(C)c(O)c2n1. The summed E-state index contributed by atoms with van der Waals surface area (Å²) in [6.45, 7) is 4.91. The fourth-order valence-electron chi connectivity index (χ4n) is 1.43. The van der Waals surface area contributed by atoms with Crippen molar-refractivity contribution in [2.75, 3.05) is 0 Å². The second-order valence-electron chi connectivity index (χ2n) is 3.40. The molecule has 0 aliphatic heterocycles. The van der Waals surface area contributed by atoms with Crippen LogP contribution in [0.3, 0.4) is 0 Å². The van der Waals surface area contributed by atoms with E-state index in [0.717, 1.165) is 0 Å². The third-order valence-electron chi connectivity index (χ3n) is 2.23. The molecule has 5 heteroatoms. The predicted octanol–water partition coefficient (Wildman–Crippen LogP) is 1.21. The summed E-state index contributed by atoms with van der Waals surface area (Å²) in [5.41, 5.74) is 0.686. The Kier molecular flexibility index (Phi) is 1.96. The number of hydrogen-bond donors (Lipinski definition) is 1. The lowest BCUT2D eigenvalue weighted by Gasteiger charge is -2.04. The van der Waals surface area contributed by atoms with Crippen LogP contribution in [0, 0.1) is 20.8 Å². The summed E-state index contributed by atoms with van der Waals surface area (Å²) >= 11 is 0. The first-order valence-corrected chi connectivity index (χ1v) is 4.48. The van der Waals surface area contributed by atoms with E-state index in [-0.39, 0.29) is 22.4 Å². The first kappa shape index (κ1) is 9.64. The van der Waals surface area contributed by atoms with Gasteiger partial charge in [-0.25, -0.2) is 14.8 Å². The van der Waals surface area contributed by atoms with Gasteiger partial charge in [-0.2, -0.15) is 0 Å². The van der Waals surface area contributed by atoms with E-state index in [1.54, 1.807) is 13.8 Å². The predicted molar refractivity (Wildman–Crippen MR) is 53.9 cm³/mol. The van der Waals surface area contributed by atoms with Crippen molar-refractivity contribution < 1.29 is 9.52 Å². The van der Waals surface area contributed by atoms with Gasteiger partial charge in [0.2, 0.25) is 0 Å². The minimum Gasteiger partial charge on any atom is -0.505 e. The molecule has 0 aromatic carbocycles. The van der Waals surface area contributed by atoms with Crippen molar-refractivity contribution in [3.05, 3.63) is 27.5 Å². The molecule has 0 saturated carbocycles. The van der Waals surface area contributed by atoms with E-state index in [1.165, 1.54) is 6.92 Å². The maximum Gasteiger partial charge on any atom is 0.343 e. The lowest BCUT2D eigenvalue weighted by atomic mass is 10.2. The van der Waals surface area contributed by atoms with Crippen LogP contribution in [0.15, 0.2) is 9.21 Å². The molecular weight excluding hydrogens is 196 g/mol. The second-order valence-corrected chi connectivity index (χ2v) is 3.40. The smallest absolute Gasteiger partial charge is 0.343 e. The molecule has 0 saturated heterocycles. The van der Waals surface area contributed by atoms with Gasteiger partial charge in [-0.3, -0.25) is 0 Å². The summed E-state index contributed by atoms with van der Waals surface area (Å²) in [5, 5.41) is 9.74. The molecule has 0 atom stereocenters. The fraction of sp³-hybridized carbons (Fsp3) is 0.300. The summed E-state index contributed by atoms with van der Waals surface area (Å²) in [4.78, 5) is 19.4. The molecule has 0 unspecified atom stereocenters. The van der Waals surface area contributed by atoms with Crippen molar-refractivity contribution in [2.45, 2.75) is 20.8 Å². The molecule has 0 spiro atoms. The lowest BCUT2D eigenvalue weighted by molar-refractivity contribution is 0.458. The highest BCUT2D eigenvalue weighted by molar-refractivity contribution is 5.81. The zero-order chi connectivity index (χ0) is 11.2. The molecule has 2 rings (SSSR count). The highest BCUT2D eigenvalue weighted by Gasteiger charge is 2.14. The Hall–Kier alpha value is -1.91. The normalized spacial score (nSPS) is 10.9. The van der Waals surface area contributed by atoms with Crippen molar-refractivity contribution in [1.82, 2.24) is 9.97 Å². The molecule has 1 N–H and O–H groups in total. The number of rotatable bonds is 0. The number of aryl methyl sites for hydroxylation is 2. The number of hydrogen-bond acceptors (Lipinski definition) is 5. The molecule has 15 heavy (non-hydrogen) atoms. The molecule has 2 aromatic heterocycles. The third kappa shape index (κ3) is 1.36. The van der Waals surface area contributed by atoms with Crippen molar-refractivity contribution in [3.8, 4) is 5.75 Å². The fourth-order valence-corrected chi connectivity index (χ4v) is 1.43. The van der Waals surface area contributed by atoms with Crippen LogP contribution in [0.25, 0.3) is 11.1 Å². The summed E-state index contributed by atoms with van der Waals surface area (Å²) in [6.07, 6.45) is 0. The van der Waals surface area contributed by atoms with Crippen molar-refractivity contribution >= 4 is 11.1 Å². The van der Waals surface area contributed by atoms with Crippen LogP contribution < -0.4 is 5.63 Å². The third-order valence-corrected chi connectivity index (χ3v) is 2.23. The van der Waals surface area contributed by atoms with Gasteiger partial charge in [0.1, 0.15) is 5.82 Å². The van der Waals surface area contributed by atoms with Gasteiger partial charge < -0.3 is 9.52 Å². The van der Waals surface area contributed by atoms with Gasteiger partial charge in [0.25, 0.3) is 0 Å². The Balaban J connectivity index is 3.05. The Morgan fingerprint density at radius 3 is 2.53 bits per heavy atom. The van der Waals surface area contributed by atoms with Crippen LogP contribution >= 0.6 is 0 Å². The van der Waals surface area contributed by atoms with E-state index in [9.17, 15) is 9.90 Å². The molecular formula is C10H10N2O3. The van der Waals surface area contributed by atoms with E-state index in [4.69, 9.17) is 4.42 Å². The topological polar surface area (TPSA) is 76.2 Å². The highest BCUT2D eigenvalue weighted by Crippen LogP contribution is 2.24. The molecule has 0 fully saturated rings. The Bertz CT molecular complexity index is 602. The van der Waals surface area contributed by atoms with Crippen molar-refractivity contribution in [1.29, 1.82) is 0 Å². The molecule has 0 bridgehead atoms. The van der Waals surface area contributed by atoms with Crippen molar-refractivity contribution in [2.24, 2.45) is 0 Å². The maximum atomic E-state index is 11.3. The molecule has 0 aliphatic carbocycles. The van der Waals surface area contributed by atoms with Gasteiger partial charge in [0.15, 0.2) is 16.8 Å². The number of aromatic hydroxyl groups is 1. The Morgan fingerprint density at radius 2 is 1.87 bits per heavy atom. The summed E-state index contributed by atoms with van der Waals surface area (Å²) in [6, 6.07) is 0. The van der Waals surface area contributed by atoms with Crippen LogP contribution in [0.5, 0.6) is 5.75 Å². The molecule has 78 valence electrons. The largest absolute Gasteiger partial charge is 0.505 e. The Labute approximate surface area is 85.4 Å². The van der Waals surface area contributed by atoms with Gasteiger partial charge in [-0.1, -0.05) is 0 Å². The van der Waals surface area contributed by atoms with Gasteiger partial charge in [-0.05, 0) is 20.8 Å². The quantitative estimate of drug-likeness (QED) is 0.701. The van der Waals surface area contributed by atoms with Crippen LogP contribution in [-0.4, -0.2) is 15.1 Å². The molecule has 0 amide bonds. The Morgan fingerprint density at radius 1 is 1.20 bits per heavy atom. The summed E-state index contributed by atoms with van der Waals surface area (Å²) in [5.74, 6) is 0.401. The van der Waals surface area contributed by atoms with E-state index in [0.29, 0.717) is 11.5 Å². The van der Waals surface area contributed by atoms with Crippen LogP contribution in [-0.2, 0) is 0 Å². The summed E-state index contributed by atoms with van der Waals surface area (Å²) < 4.78 is 5.02. The first-order valence-electron chi connectivity index (χ1n) is 4.48. The summed E-state index contributed by atoms with van der Waals surface area (Å²) in [7, 11) is 0. The highest BCUT2D eigenvalue weighted by atomic mass is 16.4. The van der Waals surface area contributed by atoms with E-state index in [2.05, 4.69) is 9.97 Å². The number of aromatic nitrogens is 2. The van der Waals surface area contributed by atoms with Gasteiger partial charge in [0, 0.05) is 0 Å². The minimum absolute atomic E-state index is 0.130. The number of nitrogens with zero attached hydrogens (tertiary/aromatic N) is 2. The van der Waals surface area contributed by atoms with E-state index >= 15 is 0 Å². The van der Waals surface area contributed by atoms with E-state index < -0.39 is 5.63 Å². The monoisotopic (exact) mass is 206 g/mol. The standard InChI is InChI=1S/C10H10N2O3/c1-4-8(13)7-9(15-10(4)14)5(2)11-6(3)12-7/h13H,1-3H3. The zero-order valence-electron chi connectivity index (χ0n) is 8.66. The maximum absolute atomic E-state index is 11.3. The van der Waals surface area contributed by atoms with Crippen molar-refractivity contribution in [3.63, 3.8) is 0 Å². The van der Waals surface area contributed by atoms with Crippen LogP contribution in [0.4, 0.5) is 0 Å². The second kappa shape index (κ2) is 3.05. The zero-order valence-corrected chi connectivity index (χ0v) is 8.66. The van der Waals surface area contributed by atoms with E-state index in [1.807, 2.05) is 0 Å². The average Bonchev–Trinajstić information content (AvgIpc) is 2.17. The van der Waals surface area contributed by atoms with Gasteiger partial charge in [-0.15, -0.1) is 0 Å². The molecule has 2 aromatic rings. The van der Waals surface area contributed by atoms with Gasteiger partial charge >= 0.3 is 5.63 Å². The first-order chi connectivity index (χ1) is 7.00. The van der Waals surface area contributed by atoms with Crippen LogP contribution in [0.2, 0.25) is 0 Å². The lowest BCUT2D eigenvalue weighted by Crippen LogP contribution is -2.06. The number of fused-ring (bicyclic) bond motifs is 1. The van der Waals surface area contributed by atoms with Crippen LogP contribution in [0.1, 0.15) is 17.1 Å². The minimum atomic E-state index is -0.560. The molecule has 0 radical (unpaired) electrons. The molecule has 2 heterocycles. The van der Waals surface area contributed by atoms with Gasteiger partial charge in [0.05, 0.1) is 11.3 Å².